The van der Waals surface area contributed by atoms with Crippen LogP contribution < -0.4 is 11.1 Å². The average molecular weight is 239 g/mol. The first kappa shape index (κ1) is 13.1. The maximum atomic E-state index is 9.07. The zero-order chi connectivity index (χ0) is 12.5. The van der Waals surface area contributed by atoms with Crippen molar-refractivity contribution in [3.05, 3.63) is 24.3 Å². The van der Waals surface area contributed by atoms with Gasteiger partial charge in [0.2, 0.25) is 0 Å². The Hall–Kier alpha value is -1.95. The number of ether oxygens (including phenoxy) is 2. The summed E-state index contributed by atoms with van der Waals surface area (Å²) in [5.74, 6) is 0.227. The van der Waals surface area contributed by atoms with Crippen molar-refractivity contribution in [3.63, 3.8) is 0 Å². The van der Waals surface area contributed by atoms with E-state index in [1.54, 1.807) is 24.3 Å². The van der Waals surface area contributed by atoms with E-state index in [0.717, 1.165) is 5.69 Å². The lowest BCUT2D eigenvalue weighted by Crippen LogP contribution is -2.17. The van der Waals surface area contributed by atoms with Gasteiger partial charge in [-0.2, -0.15) is 0 Å². The minimum Gasteiger partial charge on any atom is -0.508 e. The molecule has 4 N–H and O–H groups in total. The lowest BCUT2D eigenvalue weighted by atomic mass is 10.3. The summed E-state index contributed by atoms with van der Waals surface area (Å²) < 4.78 is 10.1. The molecular weight excluding hydrogens is 222 g/mol. The lowest BCUT2D eigenvalue weighted by Gasteiger charge is -2.06. The van der Waals surface area contributed by atoms with Crippen LogP contribution in [0.5, 0.6) is 5.75 Å². The second kappa shape index (κ2) is 7.34. The molecule has 0 bridgehead atoms. The highest BCUT2D eigenvalue weighted by Gasteiger charge is 1.92. The molecule has 6 nitrogen and oxygen atoms in total. The van der Waals surface area contributed by atoms with Gasteiger partial charge in [0.05, 0.1) is 6.61 Å². The van der Waals surface area contributed by atoms with Crippen molar-refractivity contribution in [1.82, 2.24) is 0 Å². The summed E-state index contributed by atoms with van der Waals surface area (Å²) in [6.07, 6.45) is 0. The van der Waals surface area contributed by atoms with Crippen LogP contribution in [0.15, 0.2) is 29.3 Å². The molecule has 1 rings (SSSR count). The monoisotopic (exact) mass is 239 g/mol. The Balaban J connectivity index is 2.16. The summed E-state index contributed by atoms with van der Waals surface area (Å²) in [7, 11) is 0. The quantitative estimate of drug-likeness (QED) is 0.227. The molecule has 0 spiro atoms. The molecule has 0 saturated carbocycles. The predicted octanol–water partition coefficient (Wildman–Crippen LogP) is 1.09. The van der Waals surface area contributed by atoms with E-state index >= 15 is 0 Å². The maximum Gasteiger partial charge on any atom is 0.284 e. The minimum atomic E-state index is 0.122. The Bertz CT molecular complexity index is 351. The van der Waals surface area contributed by atoms with Gasteiger partial charge in [-0.1, -0.05) is 0 Å². The fourth-order valence-corrected chi connectivity index (χ4v) is 1.06. The van der Waals surface area contributed by atoms with Gasteiger partial charge < -0.3 is 25.6 Å². The van der Waals surface area contributed by atoms with Crippen molar-refractivity contribution >= 4 is 11.7 Å². The molecule has 0 radical (unpaired) electrons. The average Bonchev–Trinajstić information content (AvgIpc) is 2.31. The van der Waals surface area contributed by atoms with Gasteiger partial charge in [0.1, 0.15) is 19.2 Å². The van der Waals surface area contributed by atoms with E-state index in [1.165, 1.54) is 0 Å². The van der Waals surface area contributed by atoms with Gasteiger partial charge in [-0.15, -0.1) is 0 Å². The van der Waals surface area contributed by atoms with Crippen LogP contribution in [0.4, 0.5) is 5.69 Å². The SMILES string of the molecule is CCO/C(N)=N/COCNc1ccc(O)cc1. The second-order valence-corrected chi connectivity index (χ2v) is 3.13. The lowest BCUT2D eigenvalue weighted by molar-refractivity contribution is 0.158. The van der Waals surface area contributed by atoms with Crippen LogP contribution in [-0.2, 0) is 9.47 Å². The third kappa shape index (κ3) is 5.62. The standard InChI is InChI=1S/C11H17N3O3/c1-2-17-11(12)14-8-16-7-13-9-3-5-10(15)6-4-9/h3-6,13,15H,2,7-8H2,1H3,(H2,12,14). The number of nitrogens with two attached hydrogens (primary N) is 1. The fraction of sp³-hybridized carbons (Fsp3) is 0.364. The van der Waals surface area contributed by atoms with Crippen molar-refractivity contribution in [1.29, 1.82) is 0 Å². The maximum absolute atomic E-state index is 9.07. The Morgan fingerprint density at radius 2 is 2.12 bits per heavy atom. The summed E-state index contributed by atoms with van der Waals surface area (Å²) in [6, 6.07) is 6.80. The first-order chi connectivity index (χ1) is 8.22. The highest BCUT2D eigenvalue weighted by molar-refractivity contribution is 5.71. The molecule has 0 saturated heterocycles. The second-order valence-electron chi connectivity index (χ2n) is 3.13. The van der Waals surface area contributed by atoms with Gasteiger partial charge in [-0.05, 0) is 31.2 Å². The van der Waals surface area contributed by atoms with Gasteiger partial charge in [-0.25, -0.2) is 4.99 Å². The summed E-state index contributed by atoms with van der Waals surface area (Å²) >= 11 is 0. The summed E-state index contributed by atoms with van der Waals surface area (Å²) in [6.45, 7) is 2.75. The van der Waals surface area contributed by atoms with E-state index in [1.807, 2.05) is 6.92 Å². The number of rotatable bonds is 6. The molecule has 17 heavy (non-hydrogen) atoms. The third-order valence-corrected chi connectivity index (χ3v) is 1.85. The number of phenols is 1. The first-order valence-electron chi connectivity index (χ1n) is 5.25. The normalized spacial score (nSPS) is 11.2. The molecule has 6 heteroatoms. The van der Waals surface area contributed by atoms with Crippen molar-refractivity contribution < 1.29 is 14.6 Å². The smallest absolute Gasteiger partial charge is 0.284 e. The molecule has 94 valence electrons. The van der Waals surface area contributed by atoms with Gasteiger partial charge in [0.25, 0.3) is 6.02 Å². The summed E-state index contributed by atoms with van der Waals surface area (Å²) in [5.41, 5.74) is 6.25. The third-order valence-electron chi connectivity index (χ3n) is 1.85. The molecule has 0 heterocycles. The van der Waals surface area contributed by atoms with Crippen LogP contribution in [-0.4, -0.2) is 31.2 Å². The number of aromatic hydroxyl groups is 1. The van der Waals surface area contributed by atoms with Crippen molar-refractivity contribution in [2.45, 2.75) is 6.92 Å². The highest BCUT2D eigenvalue weighted by Crippen LogP contribution is 2.13. The number of anilines is 1. The van der Waals surface area contributed by atoms with Gasteiger partial charge in [-0.3, -0.25) is 0 Å². The van der Waals surface area contributed by atoms with E-state index < -0.39 is 0 Å². The van der Waals surface area contributed by atoms with Crippen LogP contribution in [0.2, 0.25) is 0 Å². The zero-order valence-electron chi connectivity index (χ0n) is 9.72. The Labute approximate surface area is 100 Å². The number of benzene rings is 1. The molecule has 0 atom stereocenters. The Morgan fingerprint density at radius 1 is 1.41 bits per heavy atom. The topological polar surface area (TPSA) is 89.1 Å². The molecular formula is C11H17N3O3. The van der Waals surface area contributed by atoms with Gasteiger partial charge >= 0.3 is 0 Å². The van der Waals surface area contributed by atoms with Gasteiger partial charge in [0.15, 0.2) is 0 Å². The van der Waals surface area contributed by atoms with E-state index in [2.05, 4.69) is 10.3 Å². The summed E-state index contributed by atoms with van der Waals surface area (Å²) in [5, 5.41) is 12.1. The molecule has 0 amide bonds. The van der Waals surface area contributed by atoms with Crippen LogP contribution in [0.25, 0.3) is 0 Å². The highest BCUT2D eigenvalue weighted by atomic mass is 16.5. The number of amidine groups is 1. The van der Waals surface area contributed by atoms with Crippen LogP contribution >= 0.6 is 0 Å². The van der Waals surface area contributed by atoms with E-state index in [4.69, 9.17) is 20.3 Å². The van der Waals surface area contributed by atoms with E-state index in [0.29, 0.717) is 13.3 Å². The van der Waals surface area contributed by atoms with Gasteiger partial charge in [0, 0.05) is 5.69 Å². The van der Waals surface area contributed by atoms with Crippen molar-refractivity contribution in [2.24, 2.45) is 10.7 Å². The molecule has 0 unspecified atom stereocenters. The van der Waals surface area contributed by atoms with Crippen molar-refractivity contribution in [2.75, 3.05) is 25.4 Å². The Kier molecular flexibility index (Phi) is 5.67. The molecule has 0 aromatic heterocycles. The van der Waals surface area contributed by atoms with E-state index in [9.17, 15) is 0 Å². The van der Waals surface area contributed by atoms with Crippen LogP contribution in [0, 0.1) is 0 Å². The molecule has 1 aromatic carbocycles. The number of hydrogen-bond acceptors (Lipinski definition) is 5. The van der Waals surface area contributed by atoms with Crippen molar-refractivity contribution in [3.8, 4) is 5.75 Å². The molecule has 0 aliphatic heterocycles. The molecule has 1 aromatic rings. The molecule has 0 fully saturated rings. The number of nitrogens with zero attached hydrogens (tertiary/aromatic N) is 1. The summed E-state index contributed by atoms with van der Waals surface area (Å²) in [4.78, 5) is 3.83. The zero-order valence-corrected chi connectivity index (χ0v) is 9.72. The van der Waals surface area contributed by atoms with E-state index in [-0.39, 0.29) is 18.5 Å². The number of aliphatic imine (C=N–C) groups is 1. The number of phenolic OH excluding ortho intramolecular Hbond substituents is 1. The first-order valence-corrected chi connectivity index (χ1v) is 5.25. The number of hydrogen-bond donors (Lipinski definition) is 3. The molecule has 0 aliphatic carbocycles. The fourth-order valence-electron chi connectivity index (χ4n) is 1.06. The van der Waals surface area contributed by atoms with Crippen LogP contribution in [0.3, 0.4) is 0 Å². The minimum absolute atomic E-state index is 0.122. The molecule has 0 aliphatic rings. The number of nitrogens with one attached hydrogen (secondary N) is 1. The van der Waals surface area contributed by atoms with Crippen LogP contribution in [0.1, 0.15) is 6.92 Å². The predicted molar refractivity (Wildman–Crippen MR) is 65.8 cm³/mol. The largest absolute Gasteiger partial charge is 0.508 e. The Morgan fingerprint density at radius 3 is 2.76 bits per heavy atom.